The van der Waals surface area contributed by atoms with Gasteiger partial charge in [-0.2, -0.15) is 0 Å². The molecule has 1 aliphatic rings. The van der Waals surface area contributed by atoms with E-state index >= 15 is 0 Å². The maximum absolute atomic E-state index is 13.6. The molecule has 0 saturated carbocycles. The first kappa shape index (κ1) is 23.5. The van der Waals surface area contributed by atoms with Gasteiger partial charge in [0.1, 0.15) is 24.7 Å². The lowest BCUT2D eigenvalue weighted by atomic mass is 9.83. The van der Waals surface area contributed by atoms with Crippen molar-refractivity contribution < 1.29 is 22.9 Å². The summed E-state index contributed by atoms with van der Waals surface area (Å²) in [5, 5.41) is 1.81. The van der Waals surface area contributed by atoms with Gasteiger partial charge in [0.05, 0.1) is 24.2 Å². The second kappa shape index (κ2) is 8.43. The molecule has 0 N–H and O–H groups in total. The zero-order valence-corrected chi connectivity index (χ0v) is 20.9. The Morgan fingerprint density at radius 3 is 2.40 bits per heavy atom. The van der Waals surface area contributed by atoms with Gasteiger partial charge in [0.2, 0.25) is 11.6 Å². The Morgan fingerprint density at radius 2 is 1.69 bits per heavy atom. The van der Waals surface area contributed by atoms with Crippen LogP contribution in [0.25, 0.3) is 22.1 Å². The normalized spacial score (nSPS) is 14.7. The van der Waals surface area contributed by atoms with Crippen LogP contribution in [0.15, 0.2) is 52.9 Å². The number of hydrogen-bond acceptors (Lipinski definition) is 3. The summed E-state index contributed by atoms with van der Waals surface area (Å²) in [6, 6.07) is 14.4. The lowest BCUT2D eigenvalue weighted by molar-refractivity contribution is -0.934. The molecule has 1 heterocycles. The monoisotopic (exact) mass is 490 g/mol. The number of benzene rings is 3. The van der Waals surface area contributed by atoms with Gasteiger partial charge in [-0.1, -0.05) is 41.9 Å². The van der Waals surface area contributed by atoms with Crippen LogP contribution in [0.1, 0.15) is 50.1 Å². The van der Waals surface area contributed by atoms with Crippen molar-refractivity contribution in [1.29, 1.82) is 0 Å². The predicted octanol–water partition coefficient (Wildman–Crippen LogP) is 7.05. The number of fused-ring (bicyclic) bond motifs is 5. The van der Waals surface area contributed by atoms with Crippen LogP contribution >= 0.6 is 11.6 Å². The van der Waals surface area contributed by atoms with Gasteiger partial charge in [0.25, 0.3) is 0 Å². The van der Waals surface area contributed by atoms with E-state index in [-0.39, 0.29) is 5.02 Å². The lowest BCUT2D eigenvalue weighted by Gasteiger charge is -2.33. The van der Waals surface area contributed by atoms with Crippen LogP contribution < -0.4 is 0 Å². The molecule has 4 nitrogen and oxygen atoms in total. The highest BCUT2D eigenvalue weighted by atomic mass is 35.5. The first-order chi connectivity index (χ1) is 16.6. The molecule has 3 aromatic carbocycles. The maximum Gasteiger partial charge on any atom is 0.237 e. The summed E-state index contributed by atoms with van der Waals surface area (Å²) in [6.45, 7) is 7.79. The first-order valence-electron chi connectivity index (χ1n) is 11.6. The maximum atomic E-state index is 13.6. The number of aryl methyl sites for hydroxylation is 1. The molecule has 6 heteroatoms. The van der Waals surface area contributed by atoms with E-state index in [0.29, 0.717) is 51.3 Å². The number of halogens is 2. The van der Waals surface area contributed by atoms with E-state index in [9.17, 15) is 14.0 Å². The summed E-state index contributed by atoms with van der Waals surface area (Å²) in [7, 11) is 2.08. The first-order valence-corrected chi connectivity index (χ1v) is 12.0. The van der Waals surface area contributed by atoms with Crippen molar-refractivity contribution in [2.24, 2.45) is 0 Å². The fraction of sp³-hybridized carbons (Fsp3) is 0.241. The molecule has 0 radical (unpaired) electrons. The van der Waals surface area contributed by atoms with Gasteiger partial charge in [-0.3, -0.25) is 9.59 Å². The van der Waals surface area contributed by atoms with Gasteiger partial charge >= 0.3 is 0 Å². The predicted molar refractivity (Wildman–Crippen MR) is 135 cm³/mol. The van der Waals surface area contributed by atoms with E-state index in [1.54, 1.807) is 12.1 Å². The molecule has 0 bridgehead atoms. The van der Waals surface area contributed by atoms with Crippen LogP contribution in [-0.2, 0) is 13.1 Å². The van der Waals surface area contributed by atoms with Gasteiger partial charge < -0.3 is 8.90 Å². The van der Waals surface area contributed by atoms with Gasteiger partial charge in [-0.25, -0.2) is 4.39 Å². The molecule has 178 valence electrons. The summed E-state index contributed by atoms with van der Waals surface area (Å²) in [4.78, 5) is 26.5. The van der Waals surface area contributed by atoms with Crippen molar-refractivity contribution in [1.82, 2.24) is 0 Å². The average Bonchev–Trinajstić information content (AvgIpc) is 3.15. The fourth-order valence-electron chi connectivity index (χ4n) is 5.06. The SMILES string of the molecule is CC[N+](C)(Cc1ccc(F)c(Cl)c1)Cc1oc2c(c1C)C(=O)C(=O)c1c-2ccc2c(C)cccc12. The van der Waals surface area contributed by atoms with E-state index in [1.807, 2.05) is 44.2 Å². The summed E-state index contributed by atoms with van der Waals surface area (Å²) in [5.74, 6) is -0.322. The fourth-order valence-corrected chi connectivity index (χ4v) is 5.26. The van der Waals surface area contributed by atoms with Crippen molar-refractivity contribution in [2.45, 2.75) is 33.9 Å². The molecular formula is C29H26ClFNO3+. The minimum absolute atomic E-state index is 0.0953. The number of carbonyl (C=O) groups excluding carboxylic acids is 2. The Bertz CT molecular complexity index is 1540. The quantitative estimate of drug-likeness (QED) is 0.222. The minimum Gasteiger partial charge on any atom is -0.454 e. The molecule has 0 amide bonds. The van der Waals surface area contributed by atoms with Crippen LogP contribution in [0.3, 0.4) is 0 Å². The lowest BCUT2D eigenvalue weighted by Crippen LogP contribution is -2.42. The standard InChI is InChI=1S/C29H26ClFNO3/c1-5-32(4,14-18-9-12-23(31)22(30)13-18)15-24-17(3)25-27(33)28(34)26-20-8-6-7-16(2)19(20)10-11-21(26)29(25)35-24/h6-13H,5,14-15H2,1-4H3/q+1. The Morgan fingerprint density at radius 1 is 0.943 bits per heavy atom. The van der Waals surface area contributed by atoms with E-state index in [0.717, 1.165) is 28.4 Å². The van der Waals surface area contributed by atoms with Crippen LogP contribution in [0, 0.1) is 19.7 Å². The van der Waals surface area contributed by atoms with E-state index in [1.165, 1.54) is 6.07 Å². The molecule has 5 rings (SSSR count). The van der Waals surface area contributed by atoms with Crippen molar-refractivity contribution in [3.05, 3.63) is 92.9 Å². The number of quaternary nitrogens is 1. The summed E-state index contributed by atoms with van der Waals surface area (Å²) in [6.07, 6.45) is 0. The van der Waals surface area contributed by atoms with E-state index in [2.05, 4.69) is 14.0 Å². The van der Waals surface area contributed by atoms with Crippen molar-refractivity contribution in [3.63, 3.8) is 0 Å². The number of carbonyl (C=O) groups is 2. The van der Waals surface area contributed by atoms with Gasteiger partial charge in [0, 0.05) is 22.3 Å². The molecule has 0 aliphatic heterocycles. The Hall–Kier alpha value is -3.28. The summed E-state index contributed by atoms with van der Waals surface area (Å²) in [5.41, 5.74) is 4.09. The summed E-state index contributed by atoms with van der Waals surface area (Å²) >= 11 is 6.00. The third kappa shape index (κ3) is 3.79. The van der Waals surface area contributed by atoms with Crippen molar-refractivity contribution in [2.75, 3.05) is 13.6 Å². The molecule has 4 aromatic rings. The number of furan rings is 1. The van der Waals surface area contributed by atoms with E-state index in [4.69, 9.17) is 16.0 Å². The molecule has 1 unspecified atom stereocenters. The molecule has 35 heavy (non-hydrogen) atoms. The molecule has 0 saturated heterocycles. The van der Waals surface area contributed by atoms with E-state index < -0.39 is 17.4 Å². The van der Waals surface area contributed by atoms with Crippen LogP contribution in [0.5, 0.6) is 0 Å². The highest BCUT2D eigenvalue weighted by molar-refractivity contribution is 6.54. The van der Waals surface area contributed by atoms with Crippen LogP contribution in [0.4, 0.5) is 4.39 Å². The average molecular weight is 491 g/mol. The topological polar surface area (TPSA) is 47.3 Å². The molecule has 0 fully saturated rings. The molecule has 1 aromatic heterocycles. The molecule has 1 atom stereocenters. The number of rotatable bonds is 5. The second-order valence-corrected chi connectivity index (χ2v) is 10.1. The largest absolute Gasteiger partial charge is 0.454 e. The number of Topliss-reactive ketones (excluding diaryl/α,β-unsaturated/α-hetero) is 2. The summed E-state index contributed by atoms with van der Waals surface area (Å²) < 4.78 is 20.6. The zero-order valence-electron chi connectivity index (χ0n) is 20.2. The van der Waals surface area contributed by atoms with Crippen molar-refractivity contribution in [3.8, 4) is 11.3 Å². The number of nitrogens with zero attached hydrogens (tertiary/aromatic N) is 1. The Balaban J connectivity index is 1.59. The molecule has 1 aliphatic carbocycles. The van der Waals surface area contributed by atoms with Gasteiger partial charge in [-0.05, 0) is 55.3 Å². The Labute approximate surface area is 208 Å². The minimum atomic E-state index is -0.523. The number of ketones is 2. The highest BCUT2D eigenvalue weighted by Crippen LogP contribution is 2.42. The Kier molecular flexibility index (Phi) is 5.65. The smallest absolute Gasteiger partial charge is 0.237 e. The third-order valence-corrected chi connectivity index (χ3v) is 7.56. The third-order valence-electron chi connectivity index (χ3n) is 7.27. The second-order valence-electron chi connectivity index (χ2n) is 9.67. The zero-order chi connectivity index (χ0) is 25.1. The molecule has 0 spiro atoms. The number of hydrogen-bond donors (Lipinski definition) is 0. The molecular weight excluding hydrogens is 465 g/mol. The van der Waals surface area contributed by atoms with Gasteiger partial charge in [0.15, 0.2) is 5.76 Å². The van der Waals surface area contributed by atoms with Crippen molar-refractivity contribution >= 4 is 33.9 Å². The van der Waals surface area contributed by atoms with Gasteiger partial charge in [-0.15, -0.1) is 0 Å². The van der Waals surface area contributed by atoms with Crippen LogP contribution in [0.2, 0.25) is 5.02 Å². The highest BCUT2D eigenvalue weighted by Gasteiger charge is 2.38. The van der Waals surface area contributed by atoms with Crippen LogP contribution in [-0.4, -0.2) is 29.6 Å².